The number of nitrogens with one attached hydrogen (secondary N) is 2. The Morgan fingerprint density at radius 2 is 1.18 bits per heavy atom. The molecule has 0 fully saturated rings. The number of ether oxygens (including phenoxy) is 2. The molecule has 0 atom stereocenters. The Morgan fingerprint density at radius 1 is 0.660 bits per heavy atom. The van der Waals surface area contributed by atoms with Gasteiger partial charge in [0.15, 0.2) is 40.5 Å². The minimum absolute atomic E-state index is 0.0509. The normalized spacial score (nSPS) is 10.5. The van der Waals surface area contributed by atoms with Crippen LogP contribution in [0.3, 0.4) is 0 Å². The Hall–Kier alpha value is -6.56. The average Bonchev–Trinajstić information content (AvgIpc) is 3.73. The molecule has 8 N–H and O–H groups in total. The first-order chi connectivity index (χ1) is 24.0. The standard InChI is InChI=1S/C14H13N5O2.C12H10BrN5.C6H7N3O2/c1-7-3-4-8-9(5-7)19-13(18-8)11-12(15)16-6-10(17-11)14(20)21-2;1-6-2-3-7-8(4-6)17-12(16-7)10-11(14)15-5-9(13)18-10;1-11-6(10)4-5(7)9-3-2-8-4/h3-6H,1-2H3,(H2,15,16)(H,18,19);2-5H,1H3,(H2,14,15)(H,16,17);2-3H,1H3,(H2,7,9). The molecule has 0 amide bonds. The van der Waals surface area contributed by atoms with Gasteiger partial charge in [0.1, 0.15) is 16.0 Å². The minimum atomic E-state index is -0.574. The smallest absolute Gasteiger partial charge is 0.360 e. The number of carbonyl (C=O) groups excluding carboxylic acids is 2. The number of carbonyl (C=O) groups is 2. The fourth-order valence-electron chi connectivity index (χ4n) is 4.40. The van der Waals surface area contributed by atoms with Gasteiger partial charge in [-0.1, -0.05) is 12.1 Å². The summed E-state index contributed by atoms with van der Waals surface area (Å²) in [5.41, 5.74) is 23.8. The van der Waals surface area contributed by atoms with Crippen LogP contribution in [0.15, 0.2) is 65.8 Å². The molecule has 0 spiro atoms. The van der Waals surface area contributed by atoms with Gasteiger partial charge in [-0.15, -0.1) is 0 Å². The van der Waals surface area contributed by atoms with Crippen molar-refractivity contribution in [1.29, 1.82) is 0 Å². The predicted octanol–water partition coefficient (Wildman–Crippen LogP) is 4.22. The van der Waals surface area contributed by atoms with Crippen molar-refractivity contribution >= 4 is 67.4 Å². The van der Waals surface area contributed by atoms with E-state index in [4.69, 9.17) is 17.2 Å². The number of halogens is 1. The van der Waals surface area contributed by atoms with E-state index in [0.29, 0.717) is 33.5 Å². The molecule has 50 heavy (non-hydrogen) atoms. The van der Waals surface area contributed by atoms with E-state index in [1.54, 1.807) is 6.20 Å². The molecule has 0 saturated carbocycles. The molecule has 254 valence electrons. The van der Waals surface area contributed by atoms with E-state index in [2.05, 4.69) is 75.2 Å². The van der Waals surface area contributed by atoms with Crippen molar-refractivity contribution in [3.63, 3.8) is 0 Å². The van der Waals surface area contributed by atoms with E-state index in [1.165, 1.54) is 38.4 Å². The topological polar surface area (TPSA) is 265 Å². The lowest BCUT2D eigenvalue weighted by Crippen LogP contribution is -2.09. The Labute approximate surface area is 292 Å². The third-order valence-corrected chi connectivity index (χ3v) is 7.18. The van der Waals surface area contributed by atoms with Gasteiger partial charge in [0, 0.05) is 12.4 Å². The number of esters is 2. The molecule has 0 saturated heterocycles. The average molecular weight is 741 g/mol. The Morgan fingerprint density at radius 3 is 1.72 bits per heavy atom. The fourth-order valence-corrected chi connectivity index (χ4v) is 4.68. The Bertz CT molecular complexity index is 2340. The van der Waals surface area contributed by atoms with Crippen LogP contribution in [0, 0.1) is 13.8 Å². The highest BCUT2D eigenvalue weighted by atomic mass is 79.9. The van der Waals surface area contributed by atoms with Crippen LogP contribution in [0.25, 0.3) is 45.1 Å². The van der Waals surface area contributed by atoms with Crippen LogP contribution in [-0.4, -0.2) is 76.0 Å². The first kappa shape index (κ1) is 34.8. The summed E-state index contributed by atoms with van der Waals surface area (Å²) in [5.74, 6) is 0.575. The van der Waals surface area contributed by atoms with Gasteiger partial charge in [0.25, 0.3) is 0 Å². The zero-order valence-corrected chi connectivity index (χ0v) is 28.7. The first-order valence-corrected chi connectivity index (χ1v) is 15.3. The quantitative estimate of drug-likeness (QED) is 0.158. The van der Waals surface area contributed by atoms with E-state index in [-0.39, 0.29) is 23.0 Å². The van der Waals surface area contributed by atoms with Gasteiger partial charge in [0.2, 0.25) is 0 Å². The molecule has 0 radical (unpaired) electrons. The number of aromatic nitrogens is 10. The molecule has 5 heterocycles. The second-order valence-corrected chi connectivity index (χ2v) is 11.2. The molecular formula is C32H30BrN13O4. The maximum atomic E-state index is 11.5. The summed E-state index contributed by atoms with van der Waals surface area (Å²) in [6, 6.07) is 11.9. The lowest BCUT2D eigenvalue weighted by atomic mass is 10.2. The number of hydrogen-bond donors (Lipinski definition) is 5. The van der Waals surface area contributed by atoms with E-state index in [1.807, 2.05) is 50.2 Å². The summed E-state index contributed by atoms with van der Waals surface area (Å²) in [6.07, 6.45) is 5.62. The van der Waals surface area contributed by atoms with Crippen molar-refractivity contribution in [3.05, 3.63) is 88.3 Å². The van der Waals surface area contributed by atoms with Crippen LogP contribution in [0.1, 0.15) is 32.1 Å². The molecule has 0 unspecified atom stereocenters. The van der Waals surface area contributed by atoms with Crippen molar-refractivity contribution in [1.82, 2.24) is 49.8 Å². The van der Waals surface area contributed by atoms with Gasteiger partial charge in [-0.05, 0) is 65.2 Å². The number of aryl methyl sites for hydroxylation is 2. The first-order valence-electron chi connectivity index (χ1n) is 14.5. The van der Waals surface area contributed by atoms with Crippen LogP contribution in [-0.2, 0) is 9.47 Å². The number of rotatable bonds is 4. The highest BCUT2D eigenvalue weighted by Gasteiger charge is 2.16. The summed E-state index contributed by atoms with van der Waals surface area (Å²) < 4.78 is 9.65. The molecule has 5 aromatic heterocycles. The lowest BCUT2D eigenvalue weighted by molar-refractivity contribution is 0.0585. The maximum absolute atomic E-state index is 11.5. The molecule has 17 nitrogen and oxygen atoms in total. The highest BCUT2D eigenvalue weighted by Crippen LogP contribution is 2.25. The lowest BCUT2D eigenvalue weighted by Gasteiger charge is -2.03. The third kappa shape index (κ3) is 7.93. The van der Waals surface area contributed by atoms with Gasteiger partial charge < -0.3 is 36.6 Å². The SMILES string of the molecule is COC(=O)c1cnc(N)c(-c2nc3ccc(C)cc3[nH]2)n1.COC(=O)c1nccnc1N.Cc1ccc2nc(-c3nc(Br)cnc3N)[nH]c2c1. The van der Waals surface area contributed by atoms with Crippen molar-refractivity contribution < 1.29 is 19.1 Å². The summed E-state index contributed by atoms with van der Waals surface area (Å²) in [4.78, 5) is 61.4. The van der Waals surface area contributed by atoms with Crippen molar-refractivity contribution in [2.24, 2.45) is 0 Å². The van der Waals surface area contributed by atoms with Crippen molar-refractivity contribution in [2.75, 3.05) is 31.4 Å². The molecule has 0 aliphatic heterocycles. The molecular weight excluding hydrogens is 710 g/mol. The van der Waals surface area contributed by atoms with Crippen molar-refractivity contribution in [3.8, 4) is 23.0 Å². The predicted molar refractivity (Wildman–Crippen MR) is 189 cm³/mol. The molecule has 0 bridgehead atoms. The van der Waals surface area contributed by atoms with Crippen LogP contribution < -0.4 is 17.2 Å². The van der Waals surface area contributed by atoms with E-state index in [0.717, 1.165) is 27.6 Å². The van der Waals surface area contributed by atoms with Crippen LogP contribution in [0.4, 0.5) is 17.5 Å². The van der Waals surface area contributed by atoms with Gasteiger partial charge >= 0.3 is 11.9 Å². The number of hydrogen-bond acceptors (Lipinski definition) is 15. The number of anilines is 3. The summed E-state index contributed by atoms with van der Waals surface area (Å²) >= 11 is 3.28. The number of methoxy groups -OCH3 is 2. The summed E-state index contributed by atoms with van der Waals surface area (Å²) in [7, 11) is 2.54. The zero-order valence-electron chi connectivity index (χ0n) is 27.1. The number of benzene rings is 2. The summed E-state index contributed by atoms with van der Waals surface area (Å²) in [5, 5.41) is 0. The maximum Gasteiger partial charge on any atom is 0.360 e. The molecule has 2 aromatic carbocycles. The number of fused-ring (bicyclic) bond motifs is 2. The molecule has 7 aromatic rings. The van der Waals surface area contributed by atoms with E-state index >= 15 is 0 Å². The minimum Gasteiger partial charge on any atom is -0.464 e. The van der Waals surface area contributed by atoms with E-state index in [9.17, 15) is 9.59 Å². The zero-order chi connectivity index (χ0) is 35.9. The van der Waals surface area contributed by atoms with Crippen LogP contribution in [0.5, 0.6) is 0 Å². The number of nitrogen functional groups attached to an aromatic ring is 3. The van der Waals surface area contributed by atoms with E-state index < -0.39 is 11.9 Å². The molecule has 7 rings (SSSR count). The number of nitrogens with zero attached hydrogens (tertiary/aromatic N) is 8. The van der Waals surface area contributed by atoms with Gasteiger partial charge in [-0.25, -0.2) is 49.5 Å². The number of nitrogens with two attached hydrogens (primary N) is 3. The Balaban J connectivity index is 0.000000153. The number of H-pyrrole nitrogens is 2. The van der Waals surface area contributed by atoms with Crippen LogP contribution >= 0.6 is 15.9 Å². The monoisotopic (exact) mass is 739 g/mol. The van der Waals surface area contributed by atoms with Crippen LogP contribution in [0.2, 0.25) is 0 Å². The van der Waals surface area contributed by atoms with Gasteiger partial charge in [-0.2, -0.15) is 0 Å². The second-order valence-electron chi connectivity index (χ2n) is 10.4. The molecule has 0 aliphatic carbocycles. The Kier molecular flexibility index (Phi) is 10.5. The summed E-state index contributed by atoms with van der Waals surface area (Å²) in [6.45, 7) is 4.03. The highest BCUT2D eigenvalue weighted by molar-refractivity contribution is 9.10. The molecule has 0 aliphatic rings. The van der Waals surface area contributed by atoms with Gasteiger partial charge in [0.05, 0.1) is 48.7 Å². The van der Waals surface area contributed by atoms with Crippen molar-refractivity contribution in [2.45, 2.75) is 13.8 Å². The third-order valence-electron chi connectivity index (χ3n) is 6.80. The molecule has 18 heteroatoms. The fraction of sp³-hybridized carbons (Fsp3) is 0.125. The number of imidazole rings is 2. The largest absolute Gasteiger partial charge is 0.464 e. The second kappa shape index (κ2) is 15.1. The number of aromatic amines is 2. The van der Waals surface area contributed by atoms with Gasteiger partial charge in [-0.3, -0.25) is 0 Å².